The van der Waals surface area contributed by atoms with Gasteiger partial charge in [0.05, 0.1) is 26.2 Å². The van der Waals surface area contributed by atoms with Crippen molar-refractivity contribution in [3.05, 3.63) is 0 Å². The Morgan fingerprint density at radius 3 is 1.73 bits per heavy atom. The van der Waals surface area contributed by atoms with Crippen molar-refractivity contribution in [2.75, 3.05) is 32.8 Å². The molecular weight excluding hydrogens is 184 g/mol. The van der Waals surface area contributed by atoms with E-state index in [-0.39, 0.29) is 0 Å². The molecule has 0 saturated carbocycles. The second-order valence-electron chi connectivity index (χ2n) is 6.08. The summed E-state index contributed by atoms with van der Waals surface area (Å²) in [6, 6.07) is 0. The number of piperidine rings is 2. The molecule has 0 amide bonds. The van der Waals surface area contributed by atoms with Crippen LogP contribution in [0, 0.1) is 11.8 Å². The largest absolute Gasteiger partial charge is 0.288 e. The fourth-order valence-corrected chi connectivity index (χ4v) is 3.47. The van der Waals surface area contributed by atoms with Crippen LogP contribution in [0.1, 0.15) is 39.5 Å². The summed E-state index contributed by atoms with van der Waals surface area (Å²) >= 11 is 0. The van der Waals surface area contributed by atoms with E-state index >= 15 is 0 Å². The van der Waals surface area contributed by atoms with Gasteiger partial charge in [0.15, 0.2) is 0 Å². The van der Waals surface area contributed by atoms with Crippen LogP contribution in [-0.4, -0.2) is 32.8 Å². The van der Waals surface area contributed by atoms with Crippen LogP contribution in [0.5, 0.6) is 0 Å². The molecule has 88 valence electrons. The summed E-state index contributed by atoms with van der Waals surface area (Å²) < 4.78 is 0. The fraction of sp³-hybridized carbons (Fsp3) is 1.00. The molecule has 2 aliphatic rings. The number of hydrogen-bond donors (Lipinski definition) is 2. The highest BCUT2D eigenvalue weighted by Crippen LogP contribution is 2.05. The molecule has 0 aromatic rings. The molecule has 2 aliphatic heterocycles. The smallest absolute Gasteiger partial charge is 0.204 e. The Kier molecular flexibility index (Phi) is 4.04. The van der Waals surface area contributed by atoms with Crippen LogP contribution in [0.25, 0.3) is 0 Å². The SMILES string of the molecule is C[C@H]1CCC[NH+](C[NH+]2CCC[C@H](C)C2)C1. The summed E-state index contributed by atoms with van der Waals surface area (Å²) in [5.41, 5.74) is 0. The third kappa shape index (κ3) is 3.46. The van der Waals surface area contributed by atoms with Crippen molar-refractivity contribution in [2.45, 2.75) is 39.5 Å². The van der Waals surface area contributed by atoms with Crippen molar-refractivity contribution in [2.24, 2.45) is 11.8 Å². The van der Waals surface area contributed by atoms with Crippen molar-refractivity contribution in [1.82, 2.24) is 0 Å². The Morgan fingerprint density at radius 2 is 1.33 bits per heavy atom. The van der Waals surface area contributed by atoms with Crippen LogP contribution in [-0.2, 0) is 0 Å². The van der Waals surface area contributed by atoms with E-state index in [0.29, 0.717) is 0 Å². The van der Waals surface area contributed by atoms with Gasteiger partial charge in [-0.25, -0.2) is 0 Å². The second kappa shape index (κ2) is 5.31. The first-order valence-corrected chi connectivity index (χ1v) is 6.91. The molecule has 2 rings (SSSR count). The Balaban J connectivity index is 1.75. The van der Waals surface area contributed by atoms with E-state index in [9.17, 15) is 0 Å². The Hall–Kier alpha value is -0.0800. The van der Waals surface area contributed by atoms with Gasteiger partial charge in [-0.15, -0.1) is 0 Å². The Bertz CT molecular complexity index is 173. The molecule has 4 atom stereocenters. The molecular formula is C13H28N2+2. The van der Waals surface area contributed by atoms with Crippen LogP contribution in [0.4, 0.5) is 0 Å². The highest BCUT2D eigenvalue weighted by atomic mass is 15.3. The number of likely N-dealkylation sites (tertiary alicyclic amines) is 2. The monoisotopic (exact) mass is 212 g/mol. The molecule has 2 nitrogen and oxygen atoms in total. The first-order chi connectivity index (χ1) is 7.24. The van der Waals surface area contributed by atoms with Crippen LogP contribution in [0.2, 0.25) is 0 Å². The summed E-state index contributed by atoms with van der Waals surface area (Å²) in [6.45, 7) is 12.0. The maximum Gasteiger partial charge on any atom is 0.204 e. The summed E-state index contributed by atoms with van der Waals surface area (Å²) in [5, 5.41) is 0. The molecule has 0 spiro atoms. The van der Waals surface area contributed by atoms with Crippen LogP contribution < -0.4 is 9.80 Å². The molecule has 2 unspecified atom stereocenters. The van der Waals surface area contributed by atoms with E-state index < -0.39 is 0 Å². The van der Waals surface area contributed by atoms with E-state index in [1.807, 2.05) is 9.80 Å². The lowest BCUT2D eigenvalue weighted by Crippen LogP contribution is -3.32. The van der Waals surface area contributed by atoms with E-state index in [4.69, 9.17) is 0 Å². The molecule has 0 aliphatic carbocycles. The number of rotatable bonds is 2. The lowest BCUT2D eigenvalue weighted by molar-refractivity contribution is -1.09. The van der Waals surface area contributed by atoms with Gasteiger partial charge in [0.25, 0.3) is 0 Å². The fourth-order valence-electron chi connectivity index (χ4n) is 3.47. The standard InChI is InChI=1S/C13H26N2/c1-12-5-3-7-14(9-12)11-15-8-4-6-13(2)10-15/h12-13H,3-11H2,1-2H3/p+2/t12-,13-/m0/s1. The highest BCUT2D eigenvalue weighted by Gasteiger charge is 2.26. The Labute approximate surface area is 94.6 Å². The second-order valence-corrected chi connectivity index (χ2v) is 6.08. The quantitative estimate of drug-likeness (QED) is 0.615. The van der Waals surface area contributed by atoms with Crippen molar-refractivity contribution >= 4 is 0 Å². The van der Waals surface area contributed by atoms with Gasteiger partial charge in [-0.2, -0.15) is 0 Å². The maximum atomic E-state index is 2.42. The molecule has 0 aromatic carbocycles. The van der Waals surface area contributed by atoms with Gasteiger partial charge in [0, 0.05) is 11.8 Å². The molecule has 0 radical (unpaired) electrons. The highest BCUT2D eigenvalue weighted by molar-refractivity contribution is 4.56. The predicted octanol–water partition coefficient (Wildman–Crippen LogP) is -0.426. The molecule has 2 fully saturated rings. The van der Waals surface area contributed by atoms with Crippen molar-refractivity contribution in [3.63, 3.8) is 0 Å². The van der Waals surface area contributed by atoms with Crippen molar-refractivity contribution in [1.29, 1.82) is 0 Å². The van der Waals surface area contributed by atoms with Gasteiger partial charge >= 0.3 is 0 Å². The van der Waals surface area contributed by atoms with Gasteiger partial charge in [0.1, 0.15) is 0 Å². The van der Waals surface area contributed by atoms with Crippen LogP contribution in [0.15, 0.2) is 0 Å². The Morgan fingerprint density at radius 1 is 0.867 bits per heavy atom. The lowest BCUT2D eigenvalue weighted by atomic mass is 9.99. The van der Waals surface area contributed by atoms with E-state index in [2.05, 4.69) is 13.8 Å². The number of nitrogens with one attached hydrogen (secondary N) is 2. The minimum Gasteiger partial charge on any atom is -0.288 e. The summed E-state index contributed by atoms with van der Waals surface area (Å²) in [7, 11) is 0. The minimum atomic E-state index is 0.968. The average molecular weight is 212 g/mol. The first kappa shape index (κ1) is 11.4. The van der Waals surface area contributed by atoms with E-state index in [0.717, 1.165) is 11.8 Å². The zero-order valence-corrected chi connectivity index (χ0v) is 10.5. The molecule has 2 heteroatoms. The molecule has 2 saturated heterocycles. The normalized spacial score (nSPS) is 42.8. The first-order valence-electron chi connectivity index (χ1n) is 6.91. The minimum absolute atomic E-state index is 0.968. The molecule has 2 N–H and O–H groups in total. The zero-order chi connectivity index (χ0) is 10.7. The van der Waals surface area contributed by atoms with Gasteiger partial charge in [-0.3, -0.25) is 9.80 Å². The van der Waals surface area contributed by atoms with Gasteiger partial charge in [-0.05, 0) is 25.7 Å². The van der Waals surface area contributed by atoms with Crippen molar-refractivity contribution in [3.8, 4) is 0 Å². The lowest BCUT2D eigenvalue weighted by Gasteiger charge is -2.33. The summed E-state index contributed by atoms with van der Waals surface area (Å²) in [5.74, 6) is 1.94. The van der Waals surface area contributed by atoms with Gasteiger partial charge in [-0.1, -0.05) is 13.8 Å². The number of quaternary nitrogens is 2. The topological polar surface area (TPSA) is 8.88 Å². The summed E-state index contributed by atoms with van der Waals surface area (Å²) in [4.78, 5) is 3.75. The maximum absolute atomic E-state index is 2.42. The third-order valence-corrected chi connectivity index (χ3v) is 4.23. The van der Waals surface area contributed by atoms with Crippen LogP contribution in [0.3, 0.4) is 0 Å². The molecule has 2 heterocycles. The predicted molar refractivity (Wildman–Crippen MR) is 63.1 cm³/mol. The average Bonchev–Trinajstić information content (AvgIpc) is 2.17. The van der Waals surface area contributed by atoms with E-state index in [1.54, 1.807) is 0 Å². The van der Waals surface area contributed by atoms with E-state index in [1.165, 1.54) is 58.5 Å². The molecule has 15 heavy (non-hydrogen) atoms. The third-order valence-electron chi connectivity index (χ3n) is 4.23. The summed E-state index contributed by atoms with van der Waals surface area (Å²) in [6.07, 6.45) is 5.85. The molecule has 0 aromatic heterocycles. The zero-order valence-electron chi connectivity index (χ0n) is 10.5. The molecule has 0 bridgehead atoms. The van der Waals surface area contributed by atoms with Crippen molar-refractivity contribution < 1.29 is 9.80 Å². The van der Waals surface area contributed by atoms with Crippen LogP contribution >= 0.6 is 0 Å². The van der Waals surface area contributed by atoms with Gasteiger partial charge in [0.2, 0.25) is 6.67 Å². The van der Waals surface area contributed by atoms with Gasteiger partial charge < -0.3 is 0 Å². The number of hydrogen-bond acceptors (Lipinski definition) is 0.